The highest BCUT2D eigenvalue weighted by Crippen LogP contribution is 2.21. The van der Waals surface area contributed by atoms with Gasteiger partial charge in [0.15, 0.2) is 4.67 Å². The topological polar surface area (TPSA) is 57.0 Å². The van der Waals surface area contributed by atoms with Crippen LogP contribution in [0.1, 0.15) is 30.6 Å². The van der Waals surface area contributed by atoms with Crippen LogP contribution in [0.2, 0.25) is 0 Å². The van der Waals surface area contributed by atoms with Crippen molar-refractivity contribution in [1.82, 2.24) is 14.7 Å². The van der Waals surface area contributed by atoms with Gasteiger partial charge in [0.2, 0.25) is 5.91 Å². The lowest BCUT2D eigenvalue weighted by atomic mass is 9.92. The van der Waals surface area contributed by atoms with Crippen LogP contribution in [0.5, 0.6) is 0 Å². The van der Waals surface area contributed by atoms with Crippen molar-refractivity contribution in [3.8, 4) is 0 Å². The zero-order chi connectivity index (χ0) is 18.0. The Morgan fingerprint density at radius 3 is 2.32 bits per heavy atom. The van der Waals surface area contributed by atoms with Crippen LogP contribution >= 0.6 is 15.9 Å². The van der Waals surface area contributed by atoms with Gasteiger partial charge in [-0.1, -0.05) is 13.8 Å². The summed E-state index contributed by atoms with van der Waals surface area (Å²) in [5, 5.41) is 0. The van der Waals surface area contributed by atoms with Gasteiger partial charge in [-0.05, 0) is 34.2 Å². The van der Waals surface area contributed by atoms with Crippen LogP contribution in [0, 0.1) is 11.8 Å². The van der Waals surface area contributed by atoms with Gasteiger partial charge in [0.1, 0.15) is 6.26 Å². The third kappa shape index (κ3) is 4.64. The predicted molar refractivity (Wildman–Crippen MR) is 98.3 cm³/mol. The fourth-order valence-electron chi connectivity index (χ4n) is 3.87. The third-order valence-electron chi connectivity index (χ3n) is 5.05. The fraction of sp³-hybridized carbons (Fsp3) is 0.667. The maximum atomic E-state index is 12.6. The van der Waals surface area contributed by atoms with Gasteiger partial charge in [0, 0.05) is 45.3 Å². The summed E-state index contributed by atoms with van der Waals surface area (Å²) < 4.78 is 5.70. The molecular weight excluding hydrogens is 386 g/mol. The summed E-state index contributed by atoms with van der Waals surface area (Å²) in [5.74, 6) is 1.36. The van der Waals surface area contributed by atoms with E-state index in [0.29, 0.717) is 41.7 Å². The van der Waals surface area contributed by atoms with Crippen LogP contribution < -0.4 is 0 Å². The molecule has 0 saturated carbocycles. The van der Waals surface area contributed by atoms with Gasteiger partial charge in [-0.3, -0.25) is 14.5 Å². The molecule has 0 unspecified atom stereocenters. The van der Waals surface area contributed by atoms with Crippen LogP contribution in [0.15, 0.2) is 21.4 Å². The molecule has 6 nitrogen and oxygen atoms in total. The average Bonchev–Trinajstić information content (AvgIpc) is 3.00. The van der Waals surface area contributed by atoms with Crippen molar-refractivity contribution in [1.29, 1.82) is 0 Å². The Morgan fingerprint density at radius 1 is 1.12 bits per heavy atom. The molecule has 1 aromatic heterocycles. The maximum Gasteiger partial charge on any atom is 0.257 e. The molecule has 2 amide bonds. The van der Waals surface area contributed by atoms with Gasteiger partial charge in [0.05, 0.1) is 12.1 Å². The van der Waals surface area contributed by atoms with E-state index in [9.17, 15) is 9.59 Å². The van der Waals surface area contributed by atoms with E-state index in [1.807, 2.05) is 9.80 Å². The number of furan rings is 1. The number of piperidine rings is 1. The van der Waals surface area contributed by atoms with E-state index < -0.39 is 0 Å². The van der Waals surface area contributed by atoms with Crippen LogP contribution in [0.25, 0.3) is 0 Å². The van der Waals surface area contributed by atoms with E-state index >= 15 is 0 Å². The second kappa shape index (κ2) is 7.91. The first-order chi connectivity index (χ1) is 11.9. The molecule has 25 heavy (non-hydrogen) atoms. The number of nitrogens with zero attached hydrogens (tertiary/aromatic N) is 3. The number of piperazine rings is 1. The SMILES string of the molecule is C[C@@H]1C[C@@H](C)CN(C(=O)CN2CCN(C(=O)c3coc(Br)c3)CC2)C1. The van der Waals surface area contributed by atoms with Crippen molar-refractivity contribution in [2.24, 2.45) is 11.8 Å². The molecule has 0 radical (unpaired) electrons. The first-order valence-electron chi connectivity index (χ1n) is 8.96. The third-order valence-corrected chi connectivity index (χ3v) is 5.47. The summed E-state index contributed by atoms with van der Waals surface area (Å²) in [7, 11) is 0. The first kappa shape index (κ1) is 18.5. The van der Waals surface area contributed by atoms with Crippen LogP contribution in [-0.2, 0) is 4.79 Å². The lowest BCUT2D eigenvalue weighted by Crippen LogP contribution is -2.53. The van der Waals surface area contributed by atoms with Crippen molar-refractivity contribution in [2.75, 3.05) is 45.8 Å². The zero-order valence-corrected chi connectivity index (χ0v) is 16.5. The average molecular weight is 412 g/mol. The van der Waals surface area contributed by atoms with E-state index in [0.717, 1.165) is 26.2 Å². The molecule has 0 aromatic carbocycles. The molecule has 0 bridgehead atoms. The van der Waals surface area contributed by atoms with Gasteiger partial charge in [0.25, 0.3) is 5.91 Å². The Balaban J connectivity index is 1.47. The lowest BCUT2D eigenvalue weighted by molar-refractivity contribution is -0.135. The molecule has 7 heteroatoms. The molecule has 2 aliphatic rings. The Kier molecular flexibility index (Phi) is 5.84. The standard InChI is InChI=1S/C18H26BrN3O3/c1-13-7-14(2)10-22(9-13)17(23)11-20-3-5-21(6-4-20)18(24)15-8-16(19)25-12-15/h8,12-14H,3-7,9-11H2,1-2H3/t13-,14-/m1/s1. The Hall–Kier alpha value is -1.34. The number of rotatable bonds is 3. The summed E-state index contributed by atoms with van der Waals surface area (Å²) in [5.41, 5.74) is 0.563. The van der Waals surface area contributed by atoms with Crippen molar-refractivity contribution < 1.29 is 14.0 Å². The second-order valence-electron chi connectivity index (χ2n) is 7.45. The number of carbonyl (C=O) groups excluding carboxylic acids is 2. The molecule has 2 aliphatic heterocycles. The number of amides is 2. The molecule has 0 N–H and O–H groups in total. The summed E-state index contributed by atoms with van der Waals surface area (Å²) in [6, 6.07) is 1.69. The summed E-state index contributed by atoms with van der Waals surface area (Å²) in [6.45, 7) is 9.38. The Labute approximate surface area is 157 Å². The van der Waals surface area contributed by atoms with Crippen molar-refractivity contribution in [3.63, 3.8) is 0 Å². The quantitative estimate of drug-likeness (QED) is 0.765. The van der Waals surface area contributed by atoms with E-state index in [1.165, 1.54) is 12.7 Å². The normalized spacial score (nSPS) is 25.2. The molecule has 2 atom stereocenters. The van der Waals surface area contributed by atoms with Gasteiger partial charge >= 0.3 is 0 Å². The molecular formula is C18H26BrN3O3. The molecule has 2 fully saturated rings. The number of halogens is 1. The van der Waals surface area contributed by atoms with E-state index in [2.05, 4.69) is 34.7 Å². The maximum absolute atomic E-state index is 12.6. The molecule has 0 spiro atoms. The van der Waals surface area contributed by atoms with Crippen molar-refractivity contribution in [2.45, 2.75) is 20.3 Å². The molecule has 0 aliphatic carbocycles. The highest BCUT2D eigenvalue weighted by atomic mass is 79.9. The van der Waals surface area contributed by atoms with Gasteiger partial charge in [-0.2, -0.15) is 0 Å². The Bertz CT molecular complexity index is 615. The molecule has 3 rings (SSSR count). The molecule has 138 valence electrons. The van der Waals surface area contributed by atoms with Gasteiger partial charge in [-0.25, -0.2) is 0 Å². The number of hydrogen-bond donors (Lipinski definition) is 0. The van der Waals surface area contributed by atoms with E-state index in [1.54, 1.807) is 6.07 Å². The van der Waals surface area contributed by atoms with Gasteiger partial charge in [-0.15, -0.1) is 0 Å². The zero-order valence-electron chi connectivity index (χ0n) is 14.9. The van der Waals surface area contributed by atoms with Gasteiger partial charge < -0.3 is 14.2 Å². The minimum absolute atomic E-state index is 0.0147. The number of hydrogen-bond acceptors (Lipinski definition) is 4. The van der Waals surface area contributed by atoms with Crippen LogP contribution in [-0.4, -0.2) is 72.3 Å². The monoisotopic (exact) mass is 411 g/mol. The molecule has 2 saturated heterocycles. The number of likely N-dealkylation sites (tertiary alicyclic amines) is 1. The summed E-state index contributed by atoms with van der Waals surface area (Å²) >= 11 is 3.22. The summed E-state index contributed by atoms with van der Waals surface area (Å²) in [6.07, 6.45) is 2.68. The fourth-order valence-corrected chi connectivity index (χ4v) is 4.21. The largest absolute Gasteiger partial charge is 0.457 e. The first-order valence-corrected chi connectivity index (χ1v) is 9.75. The minimum atomic E-state index is -0.0147. The van der Waals surface area contributed by atoms with Crippen LogP contribution in [0.3, 0.4) is 0 Å². The highest BCUT2D eigenvalue weighted by Gasteiger charge is 2.28. The highest BCUT2D eigenvalue weighted by molar-refractivity contribution is 9.10. The number of carbonyl (C=O) groups is 2. The Morgan fingerprint density at radius 2 is 1.76 bits per heavy atom. The van der Waals surface area contributed by atoms with Crippen molar-refractivity contribution in [3.05, 3.63) is 22.6 Å². The molecule has 1 aromatic rings. The van der Waals surface area contributed by atoms with Crippen molar-refractivity contribution >= 4 is 27.7 Å². The molecule has 3 heterocycles. The van der Waals surface area contributed by atoms with E-state index in [-0.39, 0.29) is 11.8 Å². The van der Waals surface area contributed by atoms with E-state index in [4.69, 9.17) is 4.42 Å². The second-order valence-corrected chi connectivity index (χ2v) is 8.23. The minimum Gasteiger partial charge on any atom is -0.457 e. The summed E-state index contributed by atoms with van der Waals surface area (Å²) in [4.78, 5) is 31.0. The predicted octanol–water partition coefficient (Wildman–Crippen LogP) is 2.30. The lowest BCUT2D eigenvalue weighted by Gasteiger charge is -2.38. The van der Waals surface area contributed by atoms with Crippen LogP contribution in [0.4, 0.5) is 0 Å². The smallest absolute Gasteiger partial charge is 0.257 e.